The normalized spacial score (nSPS) is 14.2. The lowest BCUT2D eigenvalue weighted by molar-refractivity contribution is 0.628. The lowest BCUT2D eigenvalue weighted by Crippen LogP contribution is -1.86. The number of nitrogens with zero attached hydrogens (tertiary/aromatic N) is 7. The number of halogens is 14. The predicted octanol–water partition coefficient (Wildman–Crippen LogP) is 30.6. The number of fused-ring (bicyclic) bond motifs is 21. The summed E-state index contributed by atoms with van der Waals surface area (Å²) in [6.07, 6.45) is 0. The van der Waals surface area contributed by atoms with Crippen molar-refractivity contribution in [3.8, 4) is 0 Å². The minimum Gasteiger partial charge on any atom is -0.344 e. The number of aryl methyl sites for hydroxylation is 7. The highest BCUT2D eigenvalue weighted by Gasteiger charge is 2.16. The second kappa shape index (κ2) is 31.9. The van der Waals surface area contributed by atoms with Crippen LogP contribution in [0, 0.1) is 23.3 Å². The van der Waals surface area contributed by atoms with Crippen LogP contribution in [0.3, 0.4) is 0 Å². The van der Waals surface area contributed by atoms with Gasteiger partial charge in [-0.05, 0) is 254 Å². The van der Waals surface area contributed by atoms with E-state index in [-0.39, 0.29) is 135 Å². The van der Waals surface area contributed by atoms with Crippen molar-refractivity contribution in [3.05, 3.63) is 327 Å². The van der Waals surface area contributed by atoms with Crippen LogP contribution in [0.25, 0.3) is 153 Å². The van der Waals surface area contributed by atoms with Crippen molar-refractivity contribution in [1.82, 2.24) is 32.0 Å². The highest BCUT2D eigenvalue weighted by atomic mass is 79.9. The molecule has 0 bridgehead atoms. The molecule has 7 heterocycles. The van der Waals surface area contributed by atoms with Crippen LogP contribution in [0.4, 0.5) is 17.6 Å². The van der Waals surface area contributed by atoms with Gasteiger partial charge in [-0.2, -0.15) is 0 Å². The summed E-state index contributed by atoms with van der Waals surface area (Å²) in [5.74, 6) is -4.46. The number of aromatic nitrogens is 7. The first-order valence-corrected chi connectivity index (χ1v) is 37.8. The molecular formula is C91H63Br2Cl8F4N7. The average molecular weight is 1800 g/mol. The Labute approximate surface area is 728 Å². The van der Waals surface area contributed by atoms with Gasteiger partial charge in [-0.25, -0.2) is 17.6 Å². The van der Waals surface area contributed by atoms with Crippen LogP contribution in [0.5, 0.6) is 0 Å². The van der Waals surface area contributed by atoms with E-state index in [0.717, 1.165) is 51.6 Å². The van der Waals surface area contributed by atoms with Crippen molar-refractivity contribution in [2.75, 3.05) is 0 Å². The van der Waals surface area contributed by atoms with Crippen molar-refractivity contribution in [3.63, 3.8) is 0 Å². The van der Waals surface area contributed by atoms with Crippen molar-refractivity contribution in [2.24, 2.45) is 49.3 Å². The summed E-state index contributed by atoms with van der Waals surface area (Å²) in [5, 5.41) is 10.1. The van der Waals surface area contributed by atoms with E-state index in [1.807, 2.05) is 55.1 Å². The Morgan fingerprint density at radius 3 is 0.741 bits per heavy atom. The van der Waals surface area contributed by atoms with Crippen molar-refractivity contribution in [2.45, 2.75) is 0 Å². The van der Waals surface area contributed by atoms with Crippen molar-refractivity contribution in [1.29, 1.82) is 0 Å². The molecule has 0 N–H and O–H groups in total. The lowest BCUT2D eigenvalue weighted by Gasteiger charge is -1.97. The maximum atomic E-state index is 13.9. The Kier molecular flexibility index (Phi) is 15.7. The first-order chi connectivity index (χ1) is 62.9. The molecule has 0 unspecified atom stereocenters. The van der Waals surface area contributed by atoms with E-state index in [4.69, 9.17) is 123 Å². The van der Waals surface area contributed by atoms with Gasteiger partial charge in [0, 0.05) is 251 Å². The topological polar surface area (TPSA) is 34.5 Å². The van der Waals surface area contributed by atoms with Crippen LogP contribution in [-0.4, -0.2) is 32.0 Å². The number of hydrogen-bond donors (Lipinski definition) is 0. The summed E-state index contributed by atoms with van der Waals surface area (Å²) >= 11 is 55.0. The molecule has 7 nitrogen and oxygen atoms in total. The first kappa shape index (κ1) is 55.2. The first-order valence-electron chi connectivity index (χ1n) is 44.2. The van der Waals surface area contributed by atoms with Gasteiger partial charge in [0.2, 0.25) is 0 Å². The van der Waals surface area contributed by atoms with Gasteiger partial charge in [0.25, 0.3) is 0 Å². The van der Waals surface area contributed by atoms with E-state index in [1.165, 1.54) is 65.7 Å². The molecule has 0 spiro atoms. The second-order valence-corrected chi connectivity index (χ2v) is 30.4. The molecule has 21 heteroatoms. The highest BCUT2D eigenvalue weighted by Crippen LogP contribution is 2.39. The van der Waals surface area contributed by atoms with E-state index >= 15 is 0 Å². The molecule has 0 amide bonds. The van der Waals surface area contributed by atoms with E-state index < -0.39 is 83.7 Å². The molecule has 0 saturated carbocycles. The number of rotatable bonds is 0. The molecule has 560 valence electrons. The number of hydrogen-bond acceptors (Lipinski definition) is 0. The summed E-state index contributed by atoms with van der Waals surface area (Å²) in [5.41, 5.74) is 9.11. The fraction of sp³-hybridized carbons (Fsp3) is 0.0769. The van der Waals surface area contributed by atoms with E-state index in [1.54, 1.807) is 62.1 Å². The van der Waals surface area contributed by atoms with Crippen molar-refractivity contribution < 1.29 is 47.7 Å². The van der Waals surface area contributed by atoms with Crippen LogP contribution in [0.1, 0.15) is 30.2 Å². The minimum atomic E-state index is -1.23. The standard InChI is InChI=1S/C13H9Br2N.4C13H9Cl2N.2C13H9F2N/c7*1-16-12-4-2-8(14)6-10(12)11-7-9(15)3-5-13(11)16/h7*2-7H,1H3/i;2D,3D,4D,5D,6D,7D;2D,3D,6D,7D;2D,3D;;2D,3D,4D,5D,6D,7D;2D,3D,6D,7D. The maximum absolute atomic E-state index is 13.9. The zero-order valence-electron chi connectivity index (χ0n) is 81.0. The predicted molar refractivity (Wildman–Crippen MR) is 478 cm³/mol. The van der Waals surface area contributed by atoms with E-state index in [0.29, 0.717) is 55.0 Å². The third kappa shape index (κ3) is 15.2. The average Bonchev–Trinajstić information content (AvgIpc) is 1.55. The smallest absolute Gasteiger partial charge is 0.123 e. The van der Waals surface area contributed by atoms with Gasteiger partial charge in [0.1, 0.15) is 23.3 Å². The van der Waals surface area contributed by atoms with Gasteiger partial charge in [0.15, 0.2) is 0 Å². The Hall–Kier alpha value is -9.32. The Morgan fingerprint density at radius 2 is 0.411 bits per heavy atom. The van der Waals surface area contributed by atoms with Gasteiger partial charge >= 0.3 is 0 Å². The van der Waals surface area contributed by atoms with Crippen LogP contribution in [-0.2, 0) is 49.3 Å². The molecule has 7 aromatic heterocycles. The lowest BCUT2D eigenvalue weighted by atomic mass is 10.1. The molecule has 0 aliphatic rings. The molecule has 0 aliphatic carbocycles. The third-order valence-corrected chi connectivity index (χ3v) is 21.5. The molecule has 0 aliphatic heterocycles. The Bertz CT molecular complexity index is 7830. The monoisotopic (exact) mass is 1790 g/mol. The third-order valence-electron chi connectivity index (χ3n) is 18.8. The highest BCUT2D eigenvalue weighted by molar-refractivity contribution is 9.10. The Morgan fingerprint density at radius 1 is 0.205 bits per heavy atom. The molecule has 0 radical (unpaired) electrons. The molecule has 0 fully saturated rings. The molecule has 0 atom stereocenters. The second-order valence-electron chi connectivity index (χ2n) is 25.3. The minimum absolute atomic E-state index is 0.0158. The van der Waals surface area contributed by atoms with E-state index in [9.17, 15) is 17.6 Å². The molecule has 21 rings (SSSR count). The van der Waals surface area contributed by atoms with E-state index in [2.05, 4.69) is 84.4 Å². The van der Waals surface area contributed by atoms with Gasteiger partial charge in [-0.1, -0.05) is 125 Å². The quantitative estimate of drug-likeness (QED) is 0.136. The number of benzene rings is 14. The van der Waals surface area contributed by atoms with Gasteiger partial charge in [-0.3, -0.25) is 0 Å². The summed E-state index contributed by atoms with van der Waals surface area (Å²) < 4.78 is 242. The van der Waals surface area contributed by atoms with Crippen LogP contribution >= 0.6 is 125 Å². The zero-order valence-corrected chi connectivity index (χ0v) is 68.2. The molecular weight excluding hydrogens is 1710 g/mol. The maximum Gasteiger partial charge on any atom is 0.123 e. The summed E-state index contributed by atoms with van der Waals surface area (Å²) in [6, 6.07) is 30.9. The molecule has 112 heavy (non-hydrogen) atoms. The Balaban J connectivity index is 0.000000120. The fourth-order valence-electron chi connectivity index (χ4n) is 13.6. The van der Waals surface area contributed by atoms with Gasteiger partial charge in [-0.15, -0.1) is 0 Å². The van der Waals surface area contributed by atoms with Gasteiger partial charge < -0.3 is 32.0 Å². The largest absolute Gasteiger partial charge is 0.344 e. The zero-order chi connectivity index (χ0) is 98.1. The van der Waals surface area contributed by atoms with Crippen molar-refractivity contribution >= 4 is 277 Å². The molecule has 14 aromatic carbocycles. The van der Waals surface area contributed by atoms with Crippen LogP contribution < -0.4 is 0 Å². The van der Waals surface area contributed by atoms with Gasteiger partial charge in [0.05, 0.1) is 30.2 Å². The van der Waals surface area contributed by atoms with Crippen LogP contribution in [0.2, 0.25) is 40.2 Å². The van der Waals surface area contributed by atoms with Crippen LogP contribution in [0.15, 0.2) is 263 Å². The summed E-state index contributed by atoms with van der Waals surface area (Å²) in [4.78, 5) is 0. The molecule has 21 aromatic rings. The summed E-state index contributed by atoms with van der Waals surface area (Å²) in [6.45, 7) is 0. The fourth-order valence-corrected chi connectivity index (χ4v) is 15.5. The summed E-state index contributed by atoms with van der Waals surface area (Å²) in [7, 11) is 12.4. The molecule has 0 saturated heterocycles. The SMILES string of the molecule is Cn1c2ccc(Br)cc2c2cc(Br)ccc21.Cn1c2ccc(Cl)cc2c2cc(Cl)ccc21.[2H]c1c(Cl)c([2H])c2c3c([2H])c(Cl)c([2H])c([2H])c3n(C)c2c1[2H].[2H]c1c(F)c([2H])c2c3c([2H])c(F)c([2H])c([2H])c3n(C)c2c1[2H].[2H]c1cc2c(c([2H])c1Cl)c1c([2H])c(Cl)c([2H])cc1n2C.[2H]c1cc2c(c([2H])c1F)c1c([2H])c(F)c([2H])cc1n2C.[2H]c1cc2c(cc1Cl)c1cc(Cl)c([2H])cc1n2C.